The Morgan fingerprint density at radius 2 is 1.97 bits per heavy atom. The lowest BCUT2D eigenvalue weighted by Gasteiger charge is -2.20. The predicted octanol–water partition coefficient (Wildman–Crippen LogP) is 5.14. The standard InChI is InChI=1S/C23H21Cl2N5O3/c1-13-23(30(32)33)14(2)29(28-13)12-22(31)27-11-18(16-8-7-15(24)9-20(16)25)19-10-26-21-6-4-3-5-17(19)21/h3-10,18,26H,11-12H2,1-2H3,(H,27,31). The van der Waals surface area contributed by atoms with Gasteiger partial charge >= 0.3 is 5.69 Å². The molecule has 170 valence electrons. The number of carbonyl (C=O) groups is 1. The second kappa shape index (κ2) is 9.25. The lowest BCUT2D eigenvalue weighted by molar-refractivity contribution is -0.386. The van der Waals surface area contributed by atoms with Crippen LogP contribution >= 0.6 is 23.2 Å². The van der Waals surface area contributed by atoms with Crippen LogP contribution in [0.15, 0.2) is 48.7 Å². The molecule has 2 aromatic carbocycles. The molecule has 0 aliphatic carbocycles. The molecule has 0 radical (unpaired) electrons. The monoisotopic (exact) mass is 485 g/mol. The summed E-state index contributed by atoms with van der Waals surface area (Å²) in [6.07, 6.45) is 1.91. The number of hydrogen-bond acceptors (Lipinski definition) is 4. The third-order valence-electron chi connectivity index (χ3n) is 5.66. The van der Waals surface area contributed by atoms with Gasteiger partial charge in [-0.25, -0.2) is 0 Å². The smallest absolute Gasteiger partial charge is 0.312 e. The van der Waals surface area contributed by atoms with E-state index in [4.69, 9.17) is 23.2 Å². The van der Waals surface area contributed by atoms with Gasteiger partial charge in [-0.1, -0.05) is 47.5 Å². The maximum atomic E-state index is 12.8. The van der Waals surface area contributed by atoms with Gasteiger partial charge in [-0.05, 0) is 43.2 Å². The van der Waals surface area contributed by atoms with Crippen molar-refractivity contribution in [3.05, 3.63) is 91.3 Å². The van der Waals surface area contributed by atoms with Crippen molar-refractivity contribution in [3.63, 3.8) is 0 Å². The van der Waals surface area contributed by atoms with E-state index in [0.717, 1.165) is 22.0 Å². The molecule has 2 aromatic heterocycles. The van der Waals surface area contributed by atoms with E-state index >= 15 is 0 Å². The molecule has 0 fully saturated rings. The molecule has 0 spiro atoms. The molecule has 2 N–H and O–H groups in total. The second-order valence-corrected chi connectivity index (χ2v) is 8.59. The number of aromatic amines is 1. The van der Waals surface area contributed by atoms with E-state index in [0.29, 0.717) is 15.7 Å². The molecule has 1 atom stereocenters. The summed E-state index contributed by atoms with van der Waals surface area (Å²) < 4.78 is 1.35. The maximum absolute atomic E-state index is 12.8. The van der Waals surface area contributed by atoms with Crippen LogP contribution in [0.2, 0.25) is 10.0 Å². The highest BCUT2D eigenvalue weighted by atomic mass is 35.5. The van der Waals surface area contributed by atoms with Gasteiger partial charge in [0.25, 0.3) is 0 Å². The van der Waals surface area contributed by atoms with Gasteiger partial charge in [-0.2, -0.15) is 5.10 Å². The van der Waals surface area contributed by atoms with Gasteiger partial charge in [0.15, 0.2) is 0 Å². The third-order valence-corrected chi connectivity index (χ3v) is 6.22. The Labute approximate surface area is 199 Å². The lowest BCUT2D eigenvalue weighted by atomic mass is 9.90. The number of amides is 1. The third kappa shape index (κ3) is 4.58. The molecule has 0 aliphatic rings. The summed E-state index contributed by atoms with van der Waals surface area (Å²) in [5.41, 5.74) is 3.32. The molecule has 0 saturated heterocycles. The average molecular weight is 486 g/mol. The van der Waals surface area contributed by atoms with Gasteiger partial charge in [0.05, 0.1) is 4.92 Å². The van der Waals surface area contributed by atoms with Crippen molar-refractivity contribution < 1.29 is 9.72 Å². The first-order chi connectivity index (χ1) is 15.8. The lowest BCUT2D eigenvalue weighted by Crippen LogP contribution is -2.32. The fourth-order valence-corrected chi connectivity index (χ4v) is 4.61. The molecule has 10 heteroatoms. The van der Waals surface area contributed by atoms with Crippen molar-refractivity contribution >= 4 is 45.7 Å². The van der Waals surface area contributed by atoms with Gasteiger partial charge in [-0.3, -0.25) is 19.6 Å². The first-order valence-corrected chi connectivity index (χ1v) is 11.0. The van der Waals surface area contributed by atoms with Crippen LogP contribution in [0.1, 0.15) is 28.4 Å². The SMILES string of the molecule is Cc1nn(CC(=O)NCC(c2ccc(Cl)cc2Cl)c2c[nH]c3ccccc23)c(C)c1[N+](=O)[O-]. The summed E-state index contributed by atoms with van der Waals surface area (Å²) in [6, 6.07) is 13.2. The average Bonchev–Trinajstić information content (AvgIpc) is 3.30. The van der Waals surface area contributed by atoms with E-state index in [1.165, 1.54) is 4.68 Å². The fourth-order valence-electron chi connectivity index (χ4n) is 4.07. The highest BCUT2D eigenvalue weighted by Crippen LogP contribution is 2.35. The normalized spacial score (nSPS) is 12.1. The first-order valence-electron chi connectivity index (χ1n) is 10.2. The molecular formula is C23H21Cl2N5O3. The summed E-state index contributed by atoms with van der Waals surface area (Å²) in [4.78, 5) is 26.8. The van der Waals surface area contributed by atoms with Gasteiger partial charge in [-0.15, -0.1) is 0 Å². The van der Waals surface area contributed by atoms with Gasteiger partial charge in [0.2, 0.25) is 5.91 Å². The van der Waals surface area contributed by atoms with Crippen LogP contribution in [-0.4, -0.2) is 32.1 Å². The zero-order valence-electron chi connectivity index (χ0n) is 17.9. The Balaban J connectivity index is 1.61. The van der Waals surface area contributed by atoms with Crippen LogP contribution < -0.4 is 5.32 Å². The number of nitrogens with one attached hydrogen (secondary N) is 2. The van der Waals surface area contributed by atoms with E-state index in [9.17, 15) is 14.9 Å². The van der Waals surface area contributed by atoms with E-state index < -0.39 is 4.92 Å². The zero-order valence-corrected chi connectivity index (χ0v) is 19.4. The molecule has 1 amide bonds. The van der Waals surface area contributed by atoms with E-state index in [1.807, 2.05) is 36.5 Å². The van der Waals surface area contributed by atoms with Crippen LogP contribution in [0.5, 0.6) is 0 Å². The number of carbonyl (C=O) groups excluding carboxylic acids is 1. The first kappa shape index (κ1) is 22.8. The minimum Gasteiger partial charge on any atom is -0.361 e. The molecule has 1 unspecified atom stereocenters. The van der Waals surface area contributed by atoms with Gasteiger partial charge < -0.3 is 10.3 Å². The van der Waals surface area contributed by atoms with E-state index in [-0.39, 0.29) is 36.3 Å². The Kier molecular flexibility index (Phi) is 6.40. The number of para-hydroxylation sites is 1. The Morgan fingerprint density at radius 1 is 1.21 bits per heavy atom. The summed E-state index contributed by atoms with van der Waals surface area (Å²) in [5, 5.41) is 20.4. The molecule has 0 bridgehead atoms. The second-order valence-electron chi connectivity index (χ2n) is 7.75. The van der Waals surface area contributed by atoms with E-state index in [1.54, 1.807) is 26.0 Å². The molecule has 4 rings (SSSR count). The number of aromatic nitrogens is 3. The Morgan fingerprint density at radius 3 is 2.67 bits per heavy atom. The summed E-state index contributed by atoms with van der Waals surface area (Å²) >= 11 is 12.6. The molecule has 8 nitrogen and oxygen atoms in total. The van der Waals surface area contributed by atoms with Crippen LogP contribution in [-0.2, 0) is 11.3 Å². The van der Waals surface area contributed by atoms with E-state index in [2.05, 4.69) is 15.4 Å². The minimum absolute atomic E-state index is 0.0765. The molecule has 4 aromatic rings. The quantitative estimate of drug-likeness (QED) is 0.279. The van der Waals surface area contributed by atoms with Crippen LogP contribution in [0.3, 0.4) is 0 Å². The van der Waals surface area contributed by atoms with Gasteiger partial charge in [0, 0.05) is 39.6 Å². The van der Waals surface area contributed by atoms with Crippen LogP contribution in [0.4, 0.5) is 5.69 Å². The van der Waals surface area contributed by atoms with Crippen LogP contribution in [0.25, 0.3) is 10.9 Å². The predicted molar refractivity (Wildman–Crippen MR) is 128 cm³/mol. The number of halogens is 2. The summed E-state index contributed by atoms with van der Waals surface area (Å²) in [7, 11) is 0. The van der Waals surface area contributed by atoms with Crippen molar-refractivity contribution in [3.8, 4) is 0 Å². The van der Waals surface area contributed by atoms with Crippen molar-refractivity contribution in [1.82, 2.24) is 20.1 Å². The molecule has 0 saturated carbocycles. The molecule has 2 heterocycles. The number of H-pyrrole nitrogens is 1. The topological polar surface area (TPSA) is 106 Å². The van der Waals surface area contributed by atoms with Crippen molar-refractivity contribution in [2.75, 3.05) is 6.54 Å². The fraction of sp³-hybridized carbons (Fsp3) is 0.217. The number of rotatable bonds is 7. The Bertz CT molecular complexity index is 1360. The van der Waals surface area contributed by atoms with Crippen molar-refractivity contribution in [2.24, 2.45) is 0 Å². The largest absolute Gasteiger partial charge is 0.361 e. The molecule has 0 aliphatic heterocycles. The minimum atomic E-state index is -0.484. The zero-order chi connectivity index (χ0) is 23.7. The number of nitrogens with zero attached hydrogens (tertiary/aromatic N) is 3. The Hall–Kier alpha value is -3.36. The number of aryl methyl sites for hydroxylation is 1. The molecule has 33 heavy (non-hydrogen) atoms. The summed E-state index contributed by atoms with van der Waals surface area (Å²) in [5.74, 6) is -0.560. The highest BCUT2D eigenvalue weighted by Gasteiger charge is 2.24. The number of benzene rings is 2. The maximum Gasteiger partial charge on any atom is 0.312 e. The number of fused-ring (bicyclic) bond motifs is 1. The molecular weight excluding hydrogens is 465 g/mol. The number of hydrogen-bond donors (Lipinski definition) is 2. The van der Waals surface area contributed by atoms with Crippen LogP contribution in [0, 0.1) is 24.0 Å². The number of nitro groups is 1. The highest BCUT2D eigenvalue weighted by molar-refractivity contribution is 6.35. The van der Waals surface area contributed by atoms with Gasteiger partial charge in [0.1, 0.15) is 17.9 Å². The summed E-state index contributed by atoms with van der Waals surface area (Å²) in [6.45, 7) is 3.27. The van der Waals surface area contributed by atoms with Crippen molar-refractivity contribution in [2.45, 2.75) is 26.3 Å². The van der Waals surface area contributed by atoms with Crippen molar-refractivity contribution in [1.29, 1.82) is 0 Å².